The van der Waals surface area contributed by atoms with E-state index in [-0.39, 0.29) is 22.7 Å². The highest BCUT2D eigenvalue weighted by molar-refractivity contribution is 5.99. The maximum atomic E-state index is 14.3. The summed E-state index contributed by atoms with van der Waals surface area (Å²) in [4.78, 5) is 28.2. The fourth-order valence-corrected chi connectivity index (χ4v) is 2.99. The SMILES string of the molecule is CC(NC(=O)c1ccnc2c(C(N)=O)cnn12)c1ccc(OCC2CC2)c(F)c1. The van der Waals surface area contributed by atoms with Crippen LogP contribution in [0.4, 0.5) is 4.39 Å². The molecule has 0 bridgehead atoms. The van der Waals surface area contributed by atoms with E-state index in [9.17, 15) is 14.0 Å². The van der Waals surface area contributed by atoms with Crippen LogP contribution in [0.3, 0.4) is 0 Å². The fraction of sp³-hybridized carbons (Fsp3) is 0.300. The Bertz CT molecular complexity index is 1090. The van der Waals surface area contributed by atoms with Gasteiger partial charge in [0.05, 0.1) is 18.8 Å². The Kier molecular flexibility index (Phi) is 4.87. The molecule has 150 valence electrons. The molecule has 3 N–H and O–H groups in total. The average Bonchev–Trinajstić information content (AvgIpc) is 3.42. The number of carbonyl (C=O) groups excluding carboxylic acids is 2. The summed E-state index contributed by atoms with van der Waals surface area (Å²) in [5.41, 5.74) is 6.39. The Morgan fingerprint density at radius 3 is 2.86 bits per heavy atom. The highest BCUT2D eigenvalue weighted by Crippen LogP contribution is 2.30. The van der Waals surface area contributed by atoms with Gasteiger partial charge in [-0.15, -0.1) is 0 Å². The summed E-state index contributed by atoms with van der Waals surface area (Å²) in [6.07, 6.45) is 4.92. The summed E-state index contributed by atoms with van der Waals surface area (Å²) in [6, 6.07) is 5.66. The van der Waals surface area contributed by atoms with Crippen molar-refractivity contribution in [2.45, 2.75) is 25.8 Å². The van der Waals surface area contributed by atoms with Gasteiger partial charge in [0.25, 0.3) is 11.8 Å². The van der Waals surface area contributed by atoms with Crippen LogP contribution in [0.25, 0.3) is 5.65 Å². The smallest absolute Gasteiger partial charge is 0.270 e. The third-order valence-corrected chi connectivity index (χ3v) is 4.87. The number of amides is 2. The predicted octanol–water partition coefficient (Wildman–Crippen LogP) is 2.25. The summed E-state index contributed by atoms with van der Waals surface area (Å²) in [5.74, 6) is -0.850. The van der Waals surface area contributed by atoms with E-state index < -0.39 is 23.7 Å². The number of aromatic nitrogens is 3. The molecule has 2 heterocycles. The van der Waals surface area contributed by atoms with Crippen molar-refractivity contribution >= 4 is 17.5 Å². The average molecular weight is 397 g/mol. The van der Waals surface area contributed by atoms with Gasteiger partial charge in [0.1, 0.15) is 11.3 Å². The van der Waals surface area contributed by atoms with Crippen LogP contribution in [-0.4, -0.2) is 33.0 Å². The van der Waals surface area contributed by atoms with Crippen molar-refractivity contribution in [3.63, 3.8) is 0 Å². The van der Waals surface area contributed by atoms with Gasteiger partial charge in [0.15, 0.2) is 17.2 Å². The molecule has 1 aromatic carbocycles. The maximum absolute atomic E-state index is 14.3. The fourth-order valence-electron chi connectivity index (χ4n) is 2.99. The van der Waals surface area contributed by atoms with E-state index in [1.165, 1.54) is 29.0 Å². The number of fused-ring (bicyclic) bond motifs is 1. The van der Waals surface area contributed by atoms with Crippen molar-refractivity contribution in [1.29, 1.82) is 0 Å². The number of primary amides is 1. The number of nitrogens with zero attached hydrogens (tertiary/aromatic N) is 3. The first-order valence-electron chi connectivity index (χ1n) is 9.29. The summed E-state index contributed by atoms with van der Waals surface area (Å²) in [6.45, 7) is 2.27. The second kappa shape index (κ2) is 7.50. The maximum Gasteiger partial charge on any atom is 0.270 e. The summed E-state index contributed by atoms with van der Waals surface area (Å²) in [7, 11) is 0. The molecule has 1 fully saturated rings. The number of ether oxygens (including phenoxy) is 1. The van der Waals surface area contributed by atoms with Gasteiger partial charge >= 0.3 is 0 Å². The number of halogens is 1. The molecule has 0 saturated heterocycles. The van der Waals surface area contributed by atoms with Crippen LogP contribution in [0.1, 0.15) is 52.2 Å². The first-order chi connectivity index (χ1) is 13.9. The van der Waals surface area contributed by atoms with Crippen LogP contribution < -0.4 is 15.8 Å². The lowest BCUT2D eigenvalue weighted by Gasteiger charge is -2.16. The van der Waals surface area contributed by atoms with Crippen molar-refractivity contribution in [3.05, 3.63) is 59.3 Å². The quantitative estimate of drug-likeness (QED) is 0.635. The highest BCUT2D eigenvalue weighted by atomic mass is 19.1. The standard InChI is InChI=1S/C20H20FN5O3/c1-11(13-4-5-17(15(21)8-13)29-10-12-2-3-12)25-20(28)16-6-7-23-19-14(18(22)27)9-24-26(16)19/h4-9,11-12H,2-3,10H2,1H3,(H2,22,27)(H,25,28). The number of carbonyl (C=O) groups is 2. The van der Waals surface area contributed by atoms with Gasteiger partial charge in [0, 0.05) is 6.20 Å². The van der Waals surface area contributed by atoms with Gasteiger partial charge in [-0.05, 0) is 49.4 Å². The minimum absolute atomic E-state index is 0.122. The Labute approximate surface area is 165 Å². The summed E-state index contributed by atoms with van der Waals surface area (Å²) >= 11 is 0. The van der Waals surface area contributed by atoms with Crippen LogP contribution in [0, 0.1) is 11.7 Å². The van der Waals surface area contributed by atoms with Crippen molar-refractivity contribution < 1.29 is 18.7 Å². The molecule has 0 aliphatic heterocycles. The molecule has 0 spiro atoms. The number of nitrogens with one attached hydrogen (secondary N) is 1. The van der Waals surface area contributed by atoms with Gasteiger partial charge in [-0.25, -0.2) is 13.9 Å². The largest absolute Gasteiger partial charge is 0.490 e. The van der Waals surface area contributed by atoms with Gasteiger partial charge in [-0.3, -0.25) is 9.59 Å². The van der Waals surface area contributed by atoms with Crippen molar-refractivity contribution in [2.24, 2.45) is 11.7 Å². The van der Waals surface area contributed by atoms with Crippen LogP contribution >= 0.6 is 0 Å². The van der Waals surface area contributed by atoms with E-state index in [0.717, 1.165) is 12.8 Å². The Morgan fingerprint density at radius 1 is 1.38 bits per heavy atom. The number of hydrogen-bond donors (Lipinski definition) is 2. The first kappa shape index (κ1) is 18.9. The van der Waals surface area contributed by atoms with Crippen LogP contribution in [0.2, 0.25) is 0 Å². The van der Waals surface area contributed by atoms with Gasteiger partial charge in [-0.2, -0.15) is 5.10 Å². The molecule has 3 aromatic rings. The Balaban J connectivity index is 1.50. The molecule has 2 amide bonds. The van der Waals surface area contributed by atoms with Crippen molar-refractivity contribution in [2.75, 3.05) is 6.61 Å². The lowest BCUT2D eigenvalue weighted by Crippen LogP contribution is -2.28. The van der Waals surface area contributed by atoms with E-state index in [1.807, 2.05) is 0 Å². The minimum Gasteiger partial charge on any atom is -0.490 e. The molecule has 1 aliphatic carbocycles. The number of hydrogen-bond acceptors (Lipinski definition) is 5. The molecule has 1 saturated carbocycles. The number of benzene rings is 1. The summed E-state index contributed by atoms with van der Waals surface area (Å²) < 4.78 is 21.1. The monoisotopic (exact) mass is 397 g/mol. The molecule has 2 aromatic heterocycles. The lowest BCUT2D eigenvalue weighted by molar-refractivity contribution is 0.0930. The van der Waals surface area contributed by atoms with Crippen LogP contribution in [0.15, 0.2) is 36.7 Å². The molecule has 4 rings (SSSR count). The van der Waals surface area contributed by atoms with Crippen LogP contribution in [0.5, 0.6) is 5.75 Å². The van der Waals surface area contributed by atoms with E-state index in [0.29, 0.717) is 18.1 Å². The number of nitrogens with two attached hydrogens (primary N) is 1. The molecule has 1 atom stereocenters. The predicted molar refractivity (Wildman–Crippen MR) is 102 cm³/mol. The molecular formula is C20H20FN5O3. The molecule has 9 heteroatoms. The van der Waals surface area contributed by atoms with Crippen molar-refractivity contribution in [1.82, 2.24) is 19.9 Å². The van der Waals surface area contributed by atoms with Crippen molar-refractivity contribution in [3.8, 4) is 5.75 Å². The Hall–Kier alpha value is -3.49. The zero-order valence-corrected chi connectivity index (χ0v) is 15.8. The third-order valence-electron chi connectivity index (χ3n) is 4.87. The highest BCUT2D eigenvalue weighted by Gasteiger charge is 2.23. The zero-order chi connectivity index (χ0) is 20.5. The van der Waals surface area contributed by atoms with E-state index >= 15 is 0 Å². The van der Waals surface area contributed by atoms with Gasteiger partial charge < -0.3 is 15.8 Å². The van der Waals surface area contributed by atoms with Gasteiger partial charge in [-0.1, -0.05) is 6.07 Å². The molecule has 0 radical (unpaired) electrons. The van der Waals surface area contributed by atoms with Gasteiger partial charge in [0.2, 0.25) is 0 Å². The molecular weight excluding hydrogens is 377 g/mol. The second-order valence-electron chi connectivity index (χ2n) is 7.13. The lowest BCUT2D eigenvalue weighted by atomic mass is 10.1. The summed E-state index contributed by atoms with van der Waals surface area (Å²) in [5, 5.41) is 6.82. The normalized spacial score (nSPS) is 14.6. The zero-order valence-electron chi connectivity index (χ0n) is 15.8. The van der Waals surface area contributed by atoms with Crippen LogP contribution in [-0.2, 0) is 0 Å². The third kappa shape index (κ3) is 3.89. The molecule has 1 aliphatic rings. The molecule has 8 nitrogen and oxygen atoms in total. The second-order valence-corrected chi connectivity index (χ2v) is 7.13. The topological polar surface area (TPSA) is 112 Å². The first-order valence-corrected chi connectivity index (χ1v) is 9.29. The number of rotatable bonds is 7. The van der Waals surface area contributed by atoms with E-state index in [1.54, 1.807) is 19.1 Å². The Morgan fingerprint density at radius 2 is 2.17 bits per heavy atom. The molecule has 29 heavy (non-hydrogen) atoms. The molecule has 1 unspecified atom stereocenters. The van der Waals surface area contributed by atoms with E-state index in [2.05, 4.69) is 15.4 Å². The minimum atomic E-state index is -0.683. The van der Waals surface area contributed by atoms with E-state index in [4.69, 9.17) is 10.5 Å².